The summed E-state index contributed by atoms with van der Waals surface area (Å²) in [4.78, 5) is 28.6. The van der Waals surface area contributed by atoms with Crippen molar-refractivity contribution in [2.24, 2.45) is 5.41 Å². The maximum Gasteiger partial charge on any atom is 0.238 e. The number of amides is 2. The first-order chi connectivity index (χ1) is 11.7. The summed E-state index contributed by atoms with van der Waals surface area (Å²) in [6.07, 6.45) is 0. The molecule has 1 aliphatic heterocycles. The van der Waals surface area contributed by atoms with Gasteiger partial charge in [0.1, 0.15) is 0 Å². The molecule has 5 nitrogen and oxygen atoms in total. The van der Waals surface area contributed by atoms with Crippen molar-refractivity contribution in [2.45, 2.75) is 40.5 Å². The molecule has 25 heavy (non-hydrogen) atoms. The average Bonchev–Trinajstić information content (AvgIpc) is 2.54. The van der Waals surface area contributed by atoms with Crippen molar-refractivity contribution in [1.82, 2.24) is 9.80 Å². The maximum atomic E-state index is 12.3. The van der Waals surface area contributed by atoms with Crippen LogP contribution >= 0.6 is 0 Å². The molecule has 0 unspecified atom stereocenters. The number of nitrogens with zero attached hydrogens (tertiary/aromatic N) is 2. The Balaban J connectivity index is 1.83. The summed E-state index contributed by atoms with van der Waals surface area (Å²) in [7, 11) is 0. The molecule has 138 valence electrons. The molecule has 1 heterocycles. The zero-order chi connectivity index (χ0) is 18.6. The van der Waals surface area contributed by atoms with Crippen LogP contribution in [0, 0.1) is 5.41 Å². The number of anilines is 1. The van der Waals surface area contributed by atoms with Gasteiger partial charge in [0.05, 0.1) is 6.54 Å². The molecular weight excluding hydrogens is 314 g/mol. The number of rotatable bonds is 4. The number of piperazine rings is 1. The van der Waals surface area contributed by atoms with Crippen LogP contribution in [0.15, 0.2) is 24.3 Å². The molecule has 1 N–H and O–H groups in total. The summed E-state index contributed by atoms with van der Waals surface area (Å²) in [6.45, 7) is 13.3. The van der Waals surface area contributed by atoms with Crippen LogP contribution in [0.3, 0.4) is 0 Å². The molecular formula is C20H31N3O2. The van der Waals surface area contributed by atoms with Gasteiger partial charge in [0.15, 0.2) is 0 Å². The largest absolute Gasteiger partial charge is 0.340 e. The summed E-state index contributed by atoms with van der Waals surface area (Å²) in [6, 6.07) is 8.00. The van der Waals surface area contributed by atoms with Crippen LogP contribution in [0.5, 0.6) is 0 Å². The molecule has 2 amide bonds. The maximum absolute atomic E-state index is 12.3. The van der Waals surface area contributed by atoms with Crippen LogP contribution in [-0.2, 0) is 9.59 Å². The number of nitrogens with one attached hydrogen (secondary N) is 1. The fourth-order valence-corrected chi connectivity index (χ4v) is 2.96. The Morgan fingerprint density at radius 3 is 2.32 bits per heavy atom. The van der Waals surface area contributed by atoms with Crippen molar-refractivity contribution < 1.29 is 9.59 Å². The third-order valence-corrected chi connectivity index (χ3v) is 4.51. The monoisotopic (exact) mass is 345 g/mol. The van der Waals surface area contributed by atoms with Gasteiger partial charge in [-0.1, -0.05) is 46.8 Å². The van der Waals surface area contributed by atoms with Gasteiger partial charge >= 0.3 is 0 Å². The Hall–Kier alpha value is -1.88. The summed E-state index contributed by atoms with van der Waals surface area (Å²) in [5.41, 5.74) is 1.71. The van der Waals surface area contributed by atoms with E-state index < -0.39 is 0 Å². The van der Waals surface area contributed by atoms with E-state index in [4.69, 9.17) is 0 Å². The second-order valence-electron chi connectivity index (χ2n) is 8.15. The molecule has 0 saturated carbocycles. The van der Waals surface area contributed by atoms with Crippen LogP contribution in [-0.4, -0.2) is 54.3 Å². The van der Waals surface area contributed by atoms with Gasteiger partial charge in [-0.2, -0.15) is 0 Å². The molecule has 1 aromatic carbocycles. The summed E-state index contributed by atoms with van der Waals surface area (Å²) in [5, 5.41) is 2.98. The fraction of sp³-hybridized carbons (Fsp3) is 0.600. The van der Waals surface area contributed by atoms with E-state index in [0.29, 0.717) is 25.6 Å². The summed E-state index contributed by atoms with van der Waals surface area (Å²) >= 11 is 0. The predicted octanol–water partition coefficient (Wildman–Crippen LogP) is 2.94. The third kappa shape index (κ3) is 5.56. The van der Waals surface area contributed by atoms with E-state index >= 15 is 0 Å². The van der Waals surface area contributed by atoms with Crippen LogP contribution in [0.25, 0.3) is 0 Å². The number of carbonyl (C=O) groups excluding carboxylic acids is 2. The van der Waals surface area contributed by atoms with Crippen LogP contribution < -0.4 is 5.32 Å². The van der Waals surface area contributed by atoms with Crippen molar-refractivity contribution in [3.63, 3.8) is 0 Å². The molecule has 0 aliphatic carbocycles. The second-order valence-corrected chi connectivity index (χ2v) is 8.15. The zero-order valence-corrected chi connectivity index (χ0v) is 16.1. The third-order valence-electron chi connectivity index (χ3n) is 4.51. The van der Waals surface area contributed by atoms with Crippen LogP contribution in [0.4, 0.5) is 5.69 Å². The zero-order valence-electron chi connectivity index (χ0n) is 16.1. The van der Waals surface area contributed by atoms with E-state index in [1.54, 1.807) is 0 Å². The minimum atomic E-state index is -0.346. The Bertz CT molecular complexity index is 612. The average molecular weight is 345 g/mol. The van der Waals surface area contributed by atoms with Crippen LogP contribution in [0.1, 0.15) is 46.1 Å². The van der Waals surface area contributed by atoms with Crippen molar-refractivity contribution >= 4 is 17.5 Å². The van der Waals surface area contributed by atoms with Crippen molar-refractivity contribution in [2.75, 3.05) is 38.0 Å². The first-order valence-corrected chi connectivity index (χ1v) is 9.08. The highest BCUT2D eigenvalue weighted by molar-refractivity contribution is 5.92. The molecule has 0 radical (unpaired) electrons. The van der Waals surface area contributed by atoms with E-state index in [9.17, 15) is 9.59 Å². The SMILES string of the molecule is CC(C)c1cccc(NC(=O)CN2CCN(C(=O)C(C)(C)C)CC2)c1. The second kappa shape index (κ2) is 8.00. The van der Waals surface area contributed by atoms with E-state index in [1.165, 1.54) is 5.56 Å². The first-order valence-electron chi connectivity index (χ1n) is 9.08. The molecule has 1 saturated heterocycles. The number of hydrogen-bond donors (Lipinski definition) is 1. The highest BCUT2D eigenvalue weighted by Gasteiger charge is 2.29. The van der Waals surface area contributed by atoms with Gasteiger partial charge in [-0.15, -0.1) is 0 Å². The lowest BCUT2D eigenvalue weighted by Crippen LogP contribution is -2.52. The standard InChI is InChI=1S/C20H31N3O2/c1-15(2)16-7-6-8-17(13-16)21-18(24)14-22-9-11-23(12-10-22)19(25)20(3,4)5/h6-8,13,15H,9-12,14H2,1-5H3,(H,21,24). The summed E-state index contributed by atoms with van der Waals surface area (Å²) < 4.78 is 0. The fourth-order valence-electron chi connectivity index (χ4n) is 2.96. The minimum absolute atomic E-state index is 0.00324. The van der Waals surface area contributed by atoms with E-state index in [2.05, 4.69) is 30.1 Å². The molecule has 2 rings (SSSR count). The van der Waals surface area contributed by atoms with Gasteiger partial charge in [-0.25, -0.2) is 0 Å². The van der Waals surface area contributed by atoms with Gasteiger partial charge in [0, 0.05) is 37.3 Å². The van der Waals surface area contributed by atoms with E-state index in [0.717, 1.165) is 18.8 Å². The highest BCUT2D eigenvalue weighted by atomic mass is 16.2. The number of hydrogen-bond acceptors (Lipinski definition) is 3. The molecule has 0 atom stereocenters. The Morgan fingerprint density at radius 1 is 1.12 bits per heavy atom. The van der Waals surface area contributed by atoms with E-state index in [-0.39, 0.29) is 17.2 Å². The molecule has 0 spiro atoms. The Labute approximate surface area is 151 Å². The van der Waals surface area contributed by atoms with Gasteiger partial charge < -0.3 is 10.2 Å². The van der Waals surface area contributed by atoms with Gasteiger partial charge in [-0.05, 0) is 23.6 Å². The molecule has 1 fully saturated rings. The predicted molar refractivity (Wildman–Crippen MR) is 102 cm³/mol. The molecule has 1 aromatic rings. The lowest BCUT2D eigenvalue weighted by atomic mass is 9.94. The summed E-state index contributed by atoms with van der Waals surface area (Å²) in [5.74, 6) is 0.615. The highest BCUT2D eigenvalue weighted by Crippen LogP contribution is 2.20. The normalized spacial score (nSPS) is 16.2. The lowest BCUT2D eigenvalue weighted by Gasteiger charge is -2.37. The van der Waals surface area contributed by atoms with E-state index in [1.807, 2.05) is 43.9 Å². The van der Waals surface area contributed by atoms with Crippen LogP contribution in [0.2, 0.25) is 0 Å². The number of benzene rings is 1. The first kappa shape index (κ1) is 19.4. The van der Waals surface area contributed by atoms with Gasteiger partial charge in [0.2, 0.25) is 11.8 Å². The molecule has 1 aliphatic rings. The van der Waals surface area contributed by atoms with Gasteiger partial charge in [0.25, 0.3) is 0 Å². The van der Waals surface area contributed by atoms with Crippen molar-refractivity contribution in [3.05, 3.63) is 29.8 Å². The molecule has 0 bridgehead atoms. The Kier molecular flexibility index (Phi) is 6.22. The van der Waals surface area contributed by atoms with Crippen molar-refractivity contribution in [1.29, 1.82) is 0 Å². The minimum Gasteiger partial charge on any atom is -0.340 e. The molecule has 0 aromatic heterocycles. The quantitative estimate of drug-likeness (QED) is 0.913. The number of carbonyl (C=O) groups is 2. The Morgan fingerprint density at radius 2 is 1.76 bits per heavy atom. The van der Waals surface area contributed by atoms with Gasteiger partial charge in [-0.3, -0.25) is 14.5 Å². The molecule has 5 heteroatoms. The lowest BCUT2D eigenvalue weighted by molar-refractivity contribution is -0.141. The topological polar surface area (TPSA) is 52.7 Å². The van der Waals surface area contributed by atoms with Crippen molar-refractivity contribution in [3.8, 4) is 0 Å². The smallest absolute Gasteiger partial charge is 0.238 e.